The second kappa shape index (κ2) is 9.28. The van der Waals surface area contributed by atoms with Crippen LogP contribution in [0.3, 0.4) is 0 Å². The predicted molar refractivity (Wildman–Crippen MR) is 108 cm³/mol. The van der Waals surface area contributed by atoms with E-state index in [-0.39, 0.29) is 5.56 Å². The van der Waals surface area contributed by atoms with E-state index in [0.717, 1.165) is 6.92 Å². The third-order valence-corrected chi connectivity index (χ3v) is 4.91. The van der Waals surface area contributed by atoms with Crippen molar-refractivity contribution in [2.45, 2.75) is 51.0 Å². The standard InChI is InChI=1S/C23H24O8/c1-14(28-20(25)16-10-6-4-7-11-16)18-19(23(3,27)22(30-18)29-15(2)24)31-21(26)17-12-8-5-9-13-17/h4-14,18-19,22,27H,1-3H3/t14?,18-,19-,22?,23-/m1/s1. The maximum absolute atomic E-state index is 12.6. The van der Waals surface area contributed by atoms with Crippen LogP contribution in [0.25, 0.3) is 0 Å². The van der Waals surface area contributed by atoms with Crippen molar-refractivity contribution in [1.82, 2.24) is 0 Å². The van der Waals surface area contributed by atoms with E-state index in [2.05, 4.69) is 0 Å². The Hall–Kier alpha value is -3.23. The van der Waals surface area contributed by atoms with Crippen LogP contribution >= 0.6 is 0 Å². The summed E-state index contributed by atoms with van der Waals surface area (Å²) in [5, 5.41) is 11.0. The number of esters is 3. The Kier molecular flexibility index (Phi) is 6.72. The number of rotatable bonds is 6. The highest BCUT2D eigenvalue weighted by molar-refractivity contribution is 5.90. The molecule has 1 fully saturated rings. The van der Waals surface area contributed by atoms with Gasteiger partial charge in [0.25, 0.3) is 0 Å². The number of carbonyl (C=O) groups is 3. The van der Waals surface area contributed by atoms with Gasteiger partial charge in [-0.25, -0.2) is 9.59 Å². The first-order valence-corrected chi connectivity index (χ1v) is 9.77. The molecule has 8 heteroatoms. The van der Waals surface area contributed by atoms with Gasteiger partial charge in [0.15, 0.2) is 11.7 Å². The highest BCUT2D eigenvalue weighted by atomic mass is 16.7. The number of hydrogen-bond donors (Lipinski definition) is 1. The van der Waals surface area contributed by atoms with E-state index in [9.17, 15) is 19.5 Å². The van der Waals surface area contributed by atoms with E-state index in [4.69, 9.17) is 18.9 Å². The fourth-order valence-corrected chi connectivity index (χ4v) is 3.30. The maximum Gasteiger partial charge on any atom is 0.338 e. The molecule has 3 rings (SSSR count). The van der Waals surface area contributed by atoms with E-state index in [1.54, 1.807) is 67.6 Å². The van der Waals surface area contributed by atoms with Crippen LogP contribution in [0.15, 0.2) is 60.7 Å². The molecule has 0 amide bonds. The fourth-order valence-electron chi connectivity index (χ4n) is 3.30. The largest absolute Gasteiger partial charge is 0.456 e. The van der Waals surface area contributed by atoms with Gasteiger partial charge in [0.05, 0.1) is 11.1 Å². The number of aliphatic hydroxyl groups is 1. The smallest absolute Gasteiger partial charge is 0.338 e. The van der Waals surface area contributed by atoms with Crippen LogP contribution in [0.2, 0.25) is 0 Å². The summed E-state index contributed by atoms with van der Waals surface area (Å²) in [5.41, 5.74) is -1.29. The van der Waals surface area contributed by atoms with Crippen LogP contribution in [0.1, 0.15) is 41.5 Å². The normalized spacial score (nSPS) is 26.0. The second-order valence-electron chi connectivity index (χ2n) is 7.44. The number of ether oxygens (including phenoxy) is 4. The van der Waals surface area contributed by atoms with Crippen molar-refractivity contribution in [2.75, 3.05) is 0 Å². The summed E-state index contributed by atoms with van der Waals surface area (Å²) in [4.78, 5) is 36.5. The summed E-state index contributed by atoms with van der Waals surface area (Å²) < 4.78 is 21.8. The first-order chi connectivity index (χ1) is 14.7. The van der Waals surface area contributed by atoms with Crippen LogP contribution < -0.4 is 0 Å². The van der Waals surface area contributed by atoms with E-state index >= 15 is 0 Å². The molecule has 31 heavy (non-hydrogen) atoms. The van der Waals surface area contributed by atoms with Gasteiger partial charge < -0.3 is 24.1 Å². The number of carbonyl (C=O) groups excluding carboxylic acids is 3. The molecule has 1 heterocycles. The van der Waals surface area contributed by atoms with Crippen molar-refractivity contribution in [1.29, 1.82) is 0 Å². The van der Waals surface area contributed by atoms with Crippen molar-refractivity contribution < 1.29 is 38.4 Å². The summed E-state index contributed by atoms with van der Waals surface area (Å²) in [6.45, 7) is 4.03. The average Bonchev–Trinajstić information content (AvgIpc) is 2.99. The van der Waals surface area contributed by atoms with Gasteiger partial charge >= 0.3 is 17.9 Å². The van der Waals surface area contributed by atoms with Gasteiger partial charge in [-0.15, -0.1) is 0 Å². The van der Waals surface area contributed by atoms with Crippen LogP contribution in [0, 0.1) is 0 Å². The summed E-state index contributed by atoms with van der Waals surface area (Å²) in [6, 6.07) is 16.5. The molecule has 0 aliphatic carbocycles. The van der Waals surface area contributed by atoms with E-state index < -0.39 is 48.1 Å². The molecule has 1 aliphatic heterocycles. The molecular weight excluding hydrogens is 404 g/mol. The zero-order chi connectivity index (χ0) is 22.6. The van der Waals surface area contributed by atoms with Crippen LogP contribution in [-0.4, -0.2) is 53.2 Å². The minimum atomic E-state index is -1.88. The van der Waals surface area contributed by atoms with Crippen LogP contribution in [0.5, 0.6) is 0 Å². The third kappa shape index (κ3) is 5.10. The molecule has 2 aromatic carbocycles. The van der Waals surface area contributed by atoms with Crippen molar-refractivity contribution in [3.8, 4) is 0 Å². The lowest BCUT2D eigenvalue weighted by molar-refractivity contribution is -0.207. The second-order valence-corrected chi connectivity index (χ2v) is 7.44. The highest BCUT2D eigenvalue weighted by Gasteiger charge is 2.59. The van der Waals surface area contributed by atoms with E-state index in [0.29, 0.717) is 5.56 Å². The lowest BCUT2D eigenvalue weighted by atomic mass is 9.95. The Bertz CT molecular complexity index is 925. The Balaban J connectivity index is 1.83. The van der Waals surface area contributed by atoms with Gasteiger partial charge in [0.2, 0.25) is 6.29 Å². The van der Waals surface area contributed by atoms with Gasteiger partial charge in [-0.2, -0.15) is 0 Å². The molecule has 1 saturated heterocycles. The number of benzene rings is 2. The molecule has 0 saturated carbocycles. The molecule has 164 valence electrons. The maximum atomic E-state index is 12.6. The predicted octanol–water partition coefficient (Wildman–Crippen LogP) is 2.50. The van der Waals surface area contributed by atoms with Gasteiger partial charge in [0.1, 0.15) is 12.2 Å². The minimum absolute atomic E-state index is 0.266. The minimum Gasteiger partial charge on any atom is -0.456 e. The highest BCUT2D eigenvalue weighted by Crippen LogP contribution is 2.37. The summed E-state index contributed by atoms with van der Waals surface area (Å²) in [5.74, 6) is -2.00. The molecule has 0 bridgehead atoms. The fraction of sp³-hybridized carbons (Fsp3) is 0.348. The summed E-state index contributed by atoms with van der Waals surface area (Å²) in [7, 11) is 0. The first-order valence-electron chi connectivity index (χ1n) is 9.77. The van der Waals surface area contributed by atoms with E-state index in [1.807, 2.05) is 0 Å². The topological polar surface area (TPSA) is 108 Å². The Morgan fingerprint density at radius 2 is 1.45 bits per heavy atom. The molecule has 5 atom stereocenters. The van der Waals surface area contributed by atoms with Gasteiger partial charge in [-0.05, 0) is 38.1 Å². The zero-order valence-corrected chi connectivity index (χ0v) is 17.4. The average molecular weight is 428 g/mol. The van der Waals surface area contributed by atoms with Crippen molar-refractivity contribution in [3.63, 3.8) is 0 Å². The summed E-state index contributed by atoms with van der Waals surface area (Å²) >= 11 is 0. The SMILES string of the molecule is CC(=O)OC1O[C@H](C(C)OC(=O)c2ccccc2)[C@@H](OC(=O)c2ccccc2)[C@@]1(C)O. The quantitative estimate of drug-likeness (QED) is 0.552. The lowest BCUT2D eigenvalue weighted by Crippen LogP contribution is -2.51. The molecule has 1 aliphatic rings. The number of hydrogen-bond acceptors (Lipinski definition) is 8. The molecule has 1 N–H and O–H groups in total. The molecular formula is C23H24O8. The monoisotopic (exact) mass is 428 g/mol. The Morgan fingerprint density at radius 3 is 1.97 bits per heavy atom. The molecule has 0 spiro atoms. The van der Waals surface area contributed by atoms with Crippen molar-refractivity contribution >= 4 is 17.9 Å². The molecule has 0 aromatic heterocycles. The van der Waals surface area contributed by atoms with E-state index in [1.165, 1.54) is 6.92 Å². The molecule has 2 unspecified atom stereocenters. The molecule has 8 nitrogen and oxygen atoms in total. The van der Waals surface area contributed by atoms with Crippen molar-refractivity contribution in [2.24, 2.45) is 0 Å². The zero-order valence-electron chi connectivity index (χ0n) is 17.4. The van der Waals surface area contributed by atoms with Gasteiger partial charge in [0, 0.05) is 6.92 Å². The van der Waals surface area contributed by atoms with Crippen molar-refractivity contribution in [3.05, 3.63) is 71.8 Å². The van der Waals surface area contributed by atoms with Gasteiger partial charge in [-0.3, -0.25) is 4.79 Å². The summed E-state index contributed by atoms with van der Waals surface area (Å²) in [6.07, 6.45) is -4.71. The third-order valence-electron chi connectivity index (χ3n) is 4.91. The molecule has 0 radical (unpaired) electrons. The van der Waals surface area contributed by atoms with Gasteiger partial charge in [-0.1, -0.05) is 36.4 Å². The first kappa shape index (κ1) is 22.5. The Labute approximate surface area is 179 Å². The molecule has 2 aromatic rings. The van der Waals surface area contributed by atoms with Crippen LogP contribution in [0.4, 0.5) is 0 Å². The lowest BCUT2D eigenvalue weighted by Gasteiger charge is -2.30. The Morgan fingerprint density at radius 1 is 0.935 bits per heavy atom. The van der Waals surface area contributed by atoms with Crippen LogP contribution in [-0.2, 0) is 23.7 Å².